The minimum atomic E-state index is -0.176. The predicted molar refractivity (Wildman–Crippen MR) is 127 cm³/mol. The van der Waals surface area contributed by atoms with Gasteiger partial charge in [0.05, 0.1) is 10.7 Å². The van der Waals surface area contributed by atoms with E-state index in [1.54, 1.807) is 12.1 Å². The summed E-state index contributed by atoms with van der Waals surface area (Å²) in [7, 11) is 0. The molecule has 1 N–H and O–H groups in total. The zero-order chi connectivity index (χ0) is 21.6. The Morgan fingerprint density at radius 3 is 2.42 bits per heavy atom. The topological polar surface area (TPSA) is 41.6 Å². The Kier molecular flexibility index (Phi) is 6.78. The van der Waals surface area contributed by atoms with Crippen molar-refractivity contribution in [2.45, 2.75) is 26.4 Å². The number of carbonyl (C=O) groups excluding carboxylic acids is 1. The van der Waals surface area contributed by atoms with Crippen molar-refractivity contribution in [3.63, 3.8) is 0 Å². The average Bonchev–Trinajstić information content (AvgIpc) is 2.80. The molecule has 31 heavy (non-hydrogen) atoms. The molecule has 5 heteroatoms. The van der Waals surface area contributed by atoms with Crippen molar-refractivity contribution in [3.05, 3.63) is 88.9 Å². The molecule has 1 fully saturated rings. The van der Waals surface area contributed by atoms with Crippen molar-refractivity contribution in [1.82, 2.24) is 0 Å². The van der Waals surface area contributed by atoms with Crippen molar-refractivity contribution in [3.8, 4) is 5.75 Å². The van der Waals surface area contributed by atoms with E-state index in [9.17, 15) is 4.79 Å². The van der Waals surface area contributed by atoms with Gasteiger partial charge in [-0.1, -0.05) is 48.9 Å². The Morgan fingerprint density at radius 2 is 1.74 bits per heavy atom. The summed E-state index contributed by atoms with van der Waals surface area (Å²) in [5, 5.41) is 3.59. The van der Waals surface area contributed by atoms with Crippen LogP contribution in [-0.2, 0) is 6.61 Å². The summed E-state index contributed by atoms with van der Waals surface area (Å²) in [5.74, 6) is 1.32. The molecule has 3 aromatic carbocycles. The second kappa shape index (κ2) is 9.88. The molecule has 0 atom stereocenters. The van der Waals surface area contributed by atoms with Crippen LogP contribution >= 0.6 is 11.6 Å². The van der Waals surface area contributed by atoms with E-state index in [2.05, 4.69) is 17.1 Å². The number of rotatable bonds is 6. The van der Waals surface area contributed by atoms with Crippen molar-refractivity contribution in [2.75, 3.05) is 23.3 Å². The van der Waals surface area contributed by atoms with E-state index in [0.29, 0.717) is 22.9 Å². The van der Waals surface area contributed by atoms with Crippen LogP contribution in [0.4, 0.5) is 11.4 Å². The Morgan fingerprint density at radius 1 is 1.03 bits per heavy atom. The van der Waals surface area contributed by atoms with Gasteiger partial charge in [-0.3, -0.25) is 4.79 Å². The van der Waals surface area contributed by atoms with Crippen molar-refractivity contribution in [1.29, 1.82) is 0 Å². The molecular formula is C26H27ClN2O2. The molecule has 3 aromatic rings. The largest absolute Gasteiger partial charge is 0.489 e. The van der Waals surface area contributed by atoms with Gasteiger partial charge in [0, 0.05) is 24.3 Å². The predicted octanol–water partition coefficient (Wildman–Crippen LogP) is 6.41. The molecule has 0 aromatic heterocycles. The Labute approximate surface area is 188 Å². The second-order valence-corrected chi connectivity index (χ2v) is 8.50. The normalized spacial score (nSPS) is 14.3. The highest BCUT2D eigenvalue weighted by atomic mass is 35.5. The molecule has 160 valence electrons. The number of benzene rings is 3. The molecule has 4 rings (SSSR count). The summed E-state index contributed by atoms with van der Waals surface area (Å²) in [6.07, 6.45) is 2.36. The summed E-state index contributed by atoms with van der Waals surface area (Å²) in [6.45, 7) is 4.82. The Hall–Kier alpha value is -2.98. The first-order chi connectivity index (χ1) is 15.1. The number of ether oxygens (including phenoxy) is 1. The number of hydrogen-bond donors (Lipinski definition) is 1. The van der Waals surface area contributed by atoms with Crippen LogP contribution in [0.25, 0.3) is 0 Å². The van der Waals surface area contributed by atoms with Gasteiger partial charge >= 0.3 is 0 Å². The number of nitrogens with one attached hydrogen (secondary N) is 1. The van der Waals surface area contributed by atoms with Gasteiger partial charge in [0.25, 0.3) is 5.91 Å². The summed E-state index contributed by atoms with van der Waals surface area (Å²) >= 11 is 6.53. The fraction of sp³-hybridized carbons (Fsp3) is 0.269. The van der Waals surface area contributed by atoms with E-state index in [1.807, 2.05) is 60.7 Å². The number of amides is 1. The number of carbonyl (C=O) groups is 1. The van der Waals surface area contributed by atoms with E-state index in [4.69, 9.17) is 16.3 Å². The smallest absolute Gasteiger partial charge is 0.255 e. The van der Waals surface area contributed by atoms with Crippen LogP contribution in [-0.4, -0.2) is 19.0 Å². The summed E-state index contributed by atoms with van der Waals surface area (Å²) in [6, 6.07) is 22.9. The van der Waals surface area contributed by atoms with Gasteiger partial charge in [0.1, 0.15) is 12.4 Å². The molecule has 1 amide bonds. The van der Waals surface area contributed by atoms with Gasteiger partial charge in [0.15, 0.2) is 0 Å². The van der Waals surface area contributed by atoms with Crippen molar-refractivity contribution < 1.29 is 9.53 Å². The van der Waals surface area contributed by atoms with Crippen LogP contribution in [0.15, 0.2) is 72.8 Å². The maximum Gasteiger partial charge on any atom is 0.255 e. The lowest BCUT2D eigenvalue weighted by molar-refractivity contribution is 0.102. The van der Waals surface area contributed by atoms with Crippen LogP contribution in [0.5, 0.6) is 5.75 Å². The van der Waals surface area contributed by atoms with Gasteiger partial charge in [0.2, 0.25) is 0 Å². The van der Waals surface area contributed by atoms with Crippen LogP contribution in [0.2, 0.25) is 5.02 Å². The maximum atomic E-state index is 12.6. The van der Waals surface area contributed by atoms with Gasteiger partial charge in [-0.05, 0) is 66.8 Å². The SMILES string of the molecule is CC1CCN(c2ccc(NC(=O)c3ccc(OCc4ccccc4)cc3)cc2Cl)CC1. The third-order valence-corrected chi connectivity index (χ3v) is 6.00. The first-order valence-electron chi connectivity index (χ1n) is 10.7. The molecular weight excluding hydrogens is 408 g/mol. The molecule has 0 radical (unpaired) electrons. The third-order valence-electron chi connectivity index (χ3n) is 5.69. The van der Waals surface area contributed by atoms with Crippen LogP contribution in [0.3, 0.4) is 0 Å². The zero-order valence-electron chi connectivity index (χ0n) is 17.7. The van der Waals surface area contributed by atoms with Gasteiger partial charge in [-0.25, -0.2) is 0 Å². The molecule has 1 aliphatic heterocycles. The van der Waals surface area contributed by atoms with E-state index >= 15 is 0 Å². The molecule has 0 saturated carbocycles. The minimum absolute atomic E-state index is 0.176. The number of halogens is 1. The van der Waals surface area contributed by atoms with Crippen LogP contribution in [0.1, 0.15) is 35.7 Å². The molecule has 1 aliphatic rings. The first-order valence-corrected chi connectivity index (χ1v) is 11.1. The van der Waals surface area contributed by atoms with Crippen molar-refractivity contribution in [2.24, 2.45) is 5.92 Å². The first kappa shape index (κ1) is 21.3. The monoisotopic (exact) mass is 434 g/mol. The lowest BCUT2D eigenvalue weighted by atomic mass is 9.99. The van der Waals surface area contributed by atoms with Gasteiger partial charge in [-0.2, -0.15) is 0 Å². The molecule has 0 bridgehead atoms. The third kappa shape index (κ3) is 5.59. The summed E-state index contributed by atoms with van der Waals surface area (Å²) in [4.78, 5) is 15.0. The van der Waals surface area contributed by atoms with E-state index in [1.165, 1.54) is 12.8 Å². The Balaban J connectivity index is 1.35. The lowest BCUT2D eigenvalue weighted by Crippen LogP contribution is -2.32. The van der Waals surface area contributed by atoms with Crippen molar-refractivity contribution >= 4 is 28.9 Å². The lowest BCUT2D eigenvalue weighted by Gasteiger charge is -2.32. The molecule has 0 aliphatic carbocycles. The number of hydrogen-bond acceptors (Lipinski definition) is 3. The molecule has 1 heterocycles. The van der Waals surface area contributed by atoms with E-state index in [0.717, 1.165) is 36.0 Å². The minimum Gasteiger partial charge on any atom is -0.489 e. The quantitative estimate of drug-likeness (QED) is 0.487. The molecule has 0 unspecified atom stereocenters. The number of piperidine rings is 1. The highest BCUT2D eigenvalue weighted by molar-refractivity contribution is 6.33. The highest BCUT2D eigenvalue weighted by Gasteiger charge is 2.18. The van der Waals surface area contributed by atoms with E-state index < -0.39 is 0 Å². The fourth-order valence-corrected chi connectivity index (χ4v) is 4.04. The summed E-state index contributed by atoms with van der Waals surface area (Å²) < 4.78 is 5.78. The van der Waals surface area contributed by atoms with E-state index in [-0.39, 0.29) is 5.91 Å². The Bertz CT molecular complexity index is 1010. The average molecular weight is 435 g/mol. The number of anilines is 2. The standard InChI is InChI=1S/C26H27ClN2O2/c1-19-13-15-29(16-14-19)25-12-9-22(17-24(25)27)28-26(30)21-7-10-23(11-8-21)31-18-20-5-3-2-4-6-20/h2-12,17,19H,13-16,18H2,1H3,(H,28,30). The highest BCUT2D eigenvalue weighted by Crippen LogP contribution is 2.32. The zero-order valence-corrected chi connectivity index (χ0v) is 18.4. The van der Waals surface area contributed by atoms with Gasteiger partial charge < -0.3 is 15.0 Å². The molecule has 1 saturated heterocycles. The molecule has 0 spiro atoms. The second-order valence-electron chi connectivity index (χ2n) is 8.09. The maximum absolute atomic E-state index is 12.6. The van der Waals surface area contributed by atoms with Gasteiger partial charge in [-0.15, -0.1) is 0 Å². The van der Waals surface area contributed by atoms with Crippen LogP contribution < -0.4 is 15.0 Å². The molecule has 4 nitrogen and oxygen atoms in total. The fourth-order valence-electron chi connectivity index (χ4n) is 3.74. The van der Waals surface area contributed by atoms with Crippen LogP contribution in [0, 0.1) is 5.92 Å². The number of nitrogens with zero attached hydrogens (tertiary/aromatic N) is 1. The summed E-state index contributed by atoms with van der Waals surface area (Å²) in [5.41, 5.74) is 3.39.